The SMILES string of the molecule is COCCN(CC(N)c1cccs1)C(C)C1CC1. The van der Waals surface area contributed by atoms with Crippen LogP contribution in [0.2, 0.25) is 0 Å². The minimum atomic E-state index is 0.128. The molecule has 1 heterocycles. The van der Waals surface area contributed by atoms with Crippen LogP contribution in [0, 0.1) is 5.92 Å². The van der Waals surface area contributed by atoms with Crippen LogP contribution in [0.3, 0.4) is 0 Å². The van der Waals surface area contributed by atoms with Gasteiger partial charge in [-0.05, 0) is 37.1 Å². The molecule has 2 rings (SSSR count). The van der Waals surface area contributed by atoms with Gasteiger partial charge >= 0.3 is 0 Å². The summed E-state index contributed by atoms with van der Waals surface area (Å²) in [5.41, 5.74) is 6.30. The maximum atomic E-state index is 6.30. The third-order valence-electron chi connectivity index (χ3n) is 3.80. The van der Waals surface area contributed by atoms with Crippen molar-refractivity contribution in [2.45, 2.75) is 31.8 Å². The van der Waals surface area contributed by atoms with E-state index in [1.807, 2.05) is 0 Å². The first kappa shape index (κ1) is 14.0. The van der Waals surface area contributed by atoms with Gasteiger partial charge in [-0.25, -0.2) is 0 Å². The fraction of sp³-hybridized carbons (Fsp3) is 0.714. The maximum absolute atomic E-state index is 6.30. The summed E-state index contributed by atoms with van der Waals surface area (Å²) in [6.45, 7) is 5.03. The van der Waals surface area contributed by atoms with E-state index in [1.54, 1.807) is 18.4 Å². The third kappa shape index (κ3) is 3.79. The molecule has 2 atom stereocenters. The Balaban J connectivity index is 1.90. The van der Waals surface area contributed by atoms with Gasteiger partial charge in [-0.15, -0.1) is 11.3 Å². The Morgan fingerprint density at radius 2 is 2.33 bits per heavy atom. The summed E-state index contributed by atoms with van der Waals surface area (Å²) in [7, 11) is 1.76. The van der Waals surface area contributed by atoms with Gasteiger partial charge < -0.3 is 10.5 Å². The van der Waals surface area contributed by atoms with E-state index < -0.39 is 0 Å². The first-order chi connectivity index (χ1) is 8.72. The van der Waals surface area contributed by atoms with Gasteiger partial charge in [-0.3, -0.25) is 4.90 Å². The maximum Gasteiger partial charge on any atom is 0.0589 e. The monoisotopic (exact) mass is 268 g/mol. The minimum Gasteiger partial charge on any atom is -0.383 e. The average molecular weight is 268 g/mol. The molecule has 0 bridgehead atoms. The van der Waals surface area contributed by atoms with E-state index in [0.29, 0.717) is 6.04 Å². The van der Waals surface area contributed by atoms with Crippen molar-refractivity contribution in [2.75, 3.05) is 26.8 Å². The average Bonchev–Trinajstić information content (AvgIpc) is 3.08. The van der Waals surface area contributed by atoms with Crippen LogP contribution in [0.25, 0.3) is 0 Å². The summed E-state index contributed by atoms with van der Waals surface area (Å²) in [5, 5.41) is 2.10. The van der Waals surface area contributed by atoms with Crippen LogP contribution in [-0.2, 0) is 4.74 Å². The highest BCUT2D eigenvalue weighted by atomic mass is 32.1. The molecule has 0 spiro atoms. The molecular weight excluding hydrogens is 244 g/mol. The van der Waals surface area contributed by atoms with Gasteiger partial charge in [0.1, 0.15) is 0 Å². The van der Waals surface area contributed by atoms with Crippen LogP contribution >= 0.6 is 11.3 Å². The highest BCUT2D eigenvalue weighted by molar-refractivity contribution is 7.10. The lowest BCUT2D eigenvalue weighted by atomic mass is 10.1. The minimum absolute atomic E-state index is 0.128. The Morgan fingerprint density at radius 1 is 1.56 bits per heavy atom. The van der Waals surface area contributed by atoms with Crippen LogP contribution in [0.5, 0.6) is 0 Å². The number of nitrogens with zero attached hydrogens (tertiary/aromatic N) is 1. The van der Waals surface area contributed by atoms with E-state index in [9.17, 15) is 0 Å². The second-order valence-corrected chi connectivity index (χ2v) is 6.17. The van der Waals surface area contributed by atoms with Crippen LogP contribution in [0.4, 0.5) is 0 Å². The molecule has 2 unspecified atom stereocenters. The zero-order valence-electron chi connectivity index (χ0n) is 11.3. The highest BCUT2D eigenvalue weighted by Crippen LogP contribution is 2.35. The molecule has 0 aliphatic heterocycles. The standard InChI is InChI=1S/C14H24N2OS/c1-11(12-5-6-12)16(7-8-17-2)10-13(15)14-4-3-9-18-14/h3-4,9,11-13H,5-8,10,15H2,1-2H3. The normalized spacial score (nSPS) is 19.1. The molecule has 2 N–H and O–H groups in total. The van der Waals surface area contributed by atoms with Crippen LogP contribution in [0.1, 0.15) is 30.7 Å². The van der Waals surface area contributed by atoms with Gasteiger partial charge in [0.05, 0.1) is 12.6 Å². The first-order valence-corrected chi connectivity index (χ1v) is 7.62. The van der Waals surface area contributed by atoms with Crippen molar-refractivity contribution in [1.29, 1.82) is 0 Å². The van der Waals surface area contributed by atoms with Gasteiger partial charge in [0.2, 0.25) is 0 Å². The zero-order valence-corrected chi connectivity index (χ0v) is 12.2. The van der Waals surface area contributed by atoms with Crippen LogP contribution < -0.4 is 5.73 Å². The predicted octanol–water partition coefficient (Wildman–Crippen LogP) is 2.49. The molecule has 1 aliphatic rings. The van der Waals surface area contributed by atoms with E-state index in [0.717, 1.165) is 25.6 Å². The fourth-order valence-corrected chi connectivity index (χ4v) is 3.11. The molecule has 1 aromatic rings. The molecule has 3 nitrogen and oxygen atoms in total. The summed E-state index contributed by atoms with van der Waals surface area (Å²) < 4.78 is 5.22. The van der Waals surface area contributed by atoms with Crippen molar-refractivity contribution in [1.82, 2.24) is 4.90 Å². The van der Waals surface area contributed by atoms with E-state index in [2.05, 4.69) is 29.3 Å². The topological polar surface area (TPSA) is 38.5 Å². The number of rotatable bonds is 8. The van der Waals surface area contributed by atoms with Crippen LogP contribution in [-0.4, -0.2) is 37.7 Å². The summed E-state index contributed by atoms with van der Waals surface area (Å²) in [6, 6.07) is 4.96. The number of ether oxygens (including phenoxy) is 1. The molecule has 18 heavy (non-hydrogen) atoms. The van der Waals surface area contributed by atoms with Gasteiger partial charge in [-0.2, -0.15) is 0 Å². The van der Waals surface area contributed by atoms with Gasteiger partial charge in [0.15, 0.2) is 0 Å². The summed E-state index contributed by atoms with van der Waals surface area (Å²) >= 11 is 1.75. The van der Waals surface area contributed by atoms with Crippen molar-refractivity contribution in [3.05, 3.63) is 22.4 Å². The third-order valence-corrected chi connectivity index (χ3v) is 4.81. The van der Waals surface area contributed by atoms with E-state index in [4.69, 9.17) is 10.5 Å². The van der Waals surface area contributed by atoms with Gasteiger partial charge in [-0.1, -0.05) is 6.07 Å². The summed E-state index contributed by atoms with van der Waals surface area (Å²) in [6.07, 6.45) is 2.75. The number of thiophene rings is 1. The Bertz CT molecular complexity index is 338. The summed E-state index contributed by atoms with van der Waals surface area (Å²) in [4.78, 5) is 3.77. The molecule has 4 heteroatoms. The lowest BCUT2D eigenvalue weighted by Gasteiger charge is -2.31. The number of hydrogen-bond acceptors (Lipinski definition) is 4. The van der Waals surface area contributed by atoms with E-state index in [-0.39, 0.29) is 6.04 Å². The molecule has 0 radical (unpaired) electrons. The molecule has 1 aliphatic carbocycles. The predicted molar refractivity (Wildman–Crippen MR) is 76.9 cm³/mol. The fourth-order valence-electron chi connectivity index (χ4n) is 2.39. The molecular formula is C14H24N2OS. The second-order valence-electron chi connectivity index (χ2n) is 5.19. The Labute approximate surface area is 114 Å². The Morgan fingerprint density at radius 3 is 2.89 bits per heavy atom. The van der Waals surface area contributed by atoms with Gasteiger partial charge in [0.25, 0.3) is 0 Å². The first-order valence-electron chi connectivity index (χ1n) is 6.74. The molecule has 0 aromatic carbocycles. The smallest absolute Gasteiger partial charge is 0.0589 e. The van der Waals surface area contributed by atoms with Crippen molar-refractivity contribution in [3.63, 3.8) is 0 Å². The number of methoxy groups -OCH3 is 1. The van der Waals surface area contributed by atoms with Crippen molar-refractivity contribution < 1.29 is 4.74 Å². The lowest BCUT2D eigenvalue weighted by Crippen LogP contribution is -2.41. The van der Waals surface area contributed by atoms with Crippen LogP contribution in [0.15, 0.2) is 17.5 Å². The van der Waals surface area contributed by atoms with Crippen molar-refractivity contribution in [2.24, 2.45) is 11.7 Å². The van der Waals surface area contributed by atoms with Crippen molar-refractivity contribution in [3.8, 4) is 0 Å². The molecule has 1 fully saturated rings. The van der Waals surface area contributed by atoms with E-state index in [1.165, 1.54) is 17.7 Å². The number of nitrogens with two attached hydrogens (primary N) is 1. The van der Waals surface area contributed by atoms with E-state index >= 15 is 0 Å². The highest BCUT2D eigenvalue weighted by Gasteiger charge is 2.32. The quantitative estimate of drug-likeness (QED) is 0.787. The summed E-state index contributed by atoms with van der Waals surface area (Å²) in [5.74, 6) is 0.873. The molecule has 102 valence electrons. The molecule has 0 saturated heterocycles. The lowest BCUT2D eigenvalue weighted by molar-refractivity contribution is 0.112. The molecule has 1 saturated carbocycles. The van der Waals surface area contributed by atoms with Crippen molar-refractivity contribution >= 4 is 11.3 Å². The zero-order chi connectivity index (χ0) is 13.0. The molecule has 0 amide bonds. The molecule has 1 aromatic heterocycles. The Hall–Kier alpha value is -0.420. The second kappa shape index (κ2) is 6.66. The number of hydrogen-bond donors (Lipinski definition) is 1. The Kier molecular flexibility index (Phi) is 5.18. The largest absolute Gasteiger partial charge is 0.383 e. The van der Waals surface area contributed by atoms with Gasteiger partial charge in [0, 0.05) is 31.1 Å².